The Bertz CT molecular complexity index is 848. The quantitative estimate of drug-likeness (QED) is 0.836. The molecule has 2 bridgehead atoms. The average molecular weight is 355 g/mol. The van der Waals surface area contributed by atoms with E-state index in [1.807, 2.05) is 19.1 Å². The van der Waals surface area contributed by atoms with Gasteiger partial charge in [0, 0.05) is 43.9 Å². The van der Waals surface area contributed by atoms with Crippen LogP contribution >= 0.6 is 0 Å². The molecule has 3 saturated heterocycles. The second-order valence-corrected chi connectivity index (χ2v) is 6.59. The van der Waals surface area contributed by atoms with Crippen LogP contribution in [0.3, 0.4) is 0 Å². The number of hydrogen-bond donors (Lipinski definition) is 1. The van der Waals surface area contributed by atoms with Crippen LogP contribution in [0.15, 0.2) is 35.3 Å². The van der Waals surface area contributed by atoms with Crippen LogP contribution in [-0.4, -0.2) is 52.5 Å². The summed E-state index contributed by atoms with van der Waals surface area (Å²) in [5, 5.41) is 6.96. The lowest BCUT2D eigenvalue weighted by Crippen LogP contribution is -2.57. The molecule has 3 aliphatic heterocycles. The number of likely N-dealkylation sites (N-methyl/N-ethyl adjacent to an activating group) is 1. The molecule has 26 heavy (non-hydrogen) atoms. The number of piperidine rings is 1. The monoisotopic (exact) mass is 355 g/mol. The van der Waals surface area contributed by atoms with Crippen LogP contribution in [0.5, 0.6) is 0 Å². The second-order valence-electron chi connectivity index (χ2n) is 6.59. The lowest BCUT2D eigenvalue weighted by atomic mass is 9.99. The van der Waals surface area contributed by atoms with Crippen molar-refractivity contribution in [1.82, 2.24) is 20.1 Å². The predicted octanol–water partition coefficient (Wildman–Crippen LogP) is 0.419. The Morgan fingerprint density at radius 2 is 2.04 bits per heavy atom. The van der Waals surface area contributed by atoms with E-state index in [4.69, 9.17) is 4.74 Å². The maximum Gasteiger partial charge on any atom is 0.267 e. The topological polar surface area (TPSA) is 89.3 Å². The number of amides is 1. The Morgan fingerprint density at radius 3 is 2.69 bits per heavy atom. The highest BCUT2D eigenvalue weighted by molar-refractivity contribution is 5.75. The standard InChI is InChI=1S/C18H21N5O3/c1-2-19-17(24)11-23-18(25)6-4-15(21-23)12-3-5-16(20-8-12)22-9-13-7-14(10-22)26-13/h3-6,8,13-14H,2,7,9-11H2,1H3,(H,19,24). The molecule has 0 spiro atoms. The van der Waals surface area contributed by atoms with Gasteiger partial charge in [-0.15, -0.1) is 0 Å². The lowest BCUT2D eigenvalue weighted by molar-refractivity contribution is -0.133. The zero-order chi connectivity index (χ0) is 18.1. The van der Waals surface area contributed by atoms with E-state index in [1.165, 1.54) is 10.7 Å². The van der Waals surface area contributed by atoms with Crippen molar-refractivity contribution >= 4 is 11.7 Å². The molecule has 0 aromatic carbocycles. The minimum atomic E-state index is -0.308. The van der Waals surface area contributed by atoms with Crippen molar-refractivity contribution in [2.45, 2.75) is 32.1 Å². The molecule has 2 atom stereocenters. The van der Waals surface area contributed by atoms with Gasteiger partial charge in [0.15, 0.2) is 0 Å². The van der Waals surface area contributed by atoms with E-state index in [0.29, 0.717) is 24.4 Å². The Kier molecular flexibility index (Phi) is 4.42. The Hall–Kier alpha value is -2.74. The number of carbonyl (C=O) groups excluding carboxylic acids is 1. The fraction of sp³-hybridized carbons (Fsp3) is 0.444. The van der Waals surface area contributed by atoms with Gasteiger partial charge in [-0.1, -0.05) is 0 Å². The van der Waals surface area contributed by atoms with Crippen LogP contribution in [0, 0.1) is 0 Å². The van der Waals surface area contributed by atoms with Gasteiger partial charge in [0.05, 0.1) is 17.9 Å². The number of rotatable bonds is 5. The van der Waals surface area contributed by atoms with Crippen molar-refractivity contribution < 1.29 is 9.53 Å². The van der Waals surface area contributed by atoms with E-state index in [0.717, 1.165) is 30.9 Å². The number of hydrogen-bond acceptors (Lipinski definition) is 6. The van der Waals surface area contributed by atoms with Gasteiger partial charge in [-0.05, 0) is 25.1 Å². The molecule has 8 nitrogen and oxygen atoms in total. The van der Waals surface area contributed by atoms with Gasteiger partial charge in [0.1, 0.15) is 12.4 Å². The number of aromatic nitrogens is 3. The van der Waals surface area contributed by atoms with Crippen molar-refractivity contribution in [1.29, 1.82) is 0 Å². The first kappa shape index (κ1) is 16.7. The van der Waals surface area contributed by atoms with Gasteiger partial charge in [0.25, 0.3) is 5.56 Å². The van der Waals surface area contributed by atoms with Crippen LogP contribution in [0.4, 0.5) is 5.82 Å². The highest BCUT2D eigenvalue weighted by Crippen LogP contribution is 2.30. The smallest absolute Gasteiger partial charge is 0.267 e. The van der Waals surface area contributed by atoms with E-state index in [1.54, 1.807) is 12.3 Å². The molecule has 5 rings (SSSR count). The fourth-order valence-corrected chi connectivity index (χ4v) is 3.37. The number of nitrogens with zero attached hydrogens (tertiary/aromatic N) is 4. The molecule has 2 aromatic rings. The molecule has 1 amide bonds. The van der Waals surface area contributed by atoms with Gasteiger partial charge in [0.2, 0.25) is 5.91 Å². The Balaban J connectivity index is 1.52. The summed E-state index contributed by atoms with van der Waals surface area (Å²) < 4.78 is 6.82. The molecule has 5 heterocycles. The summed E-state index contributed by atoms with van der Waals surface area (Å²) in [4.78, 5) is 30.4. The van der Waals surface area contributed by atoms with Crippen LogP contribution in [0.25, 0.3) is 11.3 Å². The van der Waals surface area contributed by atoms with Crippen molar-refractivity contribution in [2.75, 3.05) is 24.5 Å². The molecule has 0 saturated carbocycles. The molecular weight excluding hydrogens is 334 g/mol. The van der Waals surface area contributed by atoms with Gasteiger partial charge < -0.3 is 15.0 Å². The minimum absolute atomic E-state index is 0.0947. The SMILES string of the molecule is CCNC(=O)Cn1nc(-c2ccc(N3CC4CC(C3)O4)nc2)ccc1=O. The average Bonchev–Trinajstić information content (AvgIpc) is 2.63. The number of nitrogens with one attached hydrogen (secondary N) is 1. The molecule has 3 fully saturated rings. The van der Waals surface area contributed by atoms with Crippen LogP contribution < -0.4 is 15.8 Å². The van der Waals surface area contributed by atoms with E-state index in [2.05, 4.69) is 20.3 Å². The lowest BCUT2D eigenvalue weighted by Gasteiger charge is -2.47. The number of carbonyl (C=O) groups is 1. The zero-order valence-electron chi connectivity index (χ0n) is 14.6. The van der Waals surface area contributed by atoms with Gasteiger partial charge in [-0.2, -0.15) is 5.10 Å². The third kappa shape index (κ3) is 3.32. The summed E-state index contributed by atoms with van der Waals surface area (Å²) in [6.07, 6.45) is 3.55. The second kappa shape index (κ2) is 6.87. The summed E-state index contributed by atoms with van der Waals surface area (Å²) in [7, 11) is 0. The van der Waals surface area contributed by atoms with Crippen molar-refractivity contribution in [3.63, 3.8) is 0 Å². The fourth-order valence-electron chi connectivity index (χ4n) is 3.37. The normalized spacial score (nSPS) is 21.2. The molecule has 2 unspecified atom stereocenters. The van der Waals surface area contributed by atoms with E-state index in [9.17, 15) is 9.59 Å². The molecule has 1 N–H and O–H groups in total. The van der Waals surface area contributed by atoms with Gasteiger partial charge in [-0.25, -0.2) is 9.67 Å². The van der Waals surface area contributed by atoms with Crippen LogP contribution in [-0.2, 0) is 16.1 Å². The van der Waals surface area contributed by atoms with E-state index >= 15 is 0 Å². The van der Waals surface area contributed by atoms with Gasteiger partial charge in [-0.3, -0.25) is 9.59 Å². The number of fused-ring (bicyclic) bond motifs is 2. The third-order valence-corrected chi connectivity index (χ3v) is 4.66. The van der Waals surface area contributed by atoms with Gasteiger partial charge >= 0.3 is 0 Å². The largest absolute Gasteiger partial charge is 0.371 e. The first-order chi connectivity index (χ1) is 12.6. The summed E-state index contributed by atoms with van der Waals surface area (Å²) in [5.74, 6) is 0.681. The summed E-state index contributed by atoms with van der Waals surface area (Å²) in [5.41, 5.74) is 1.10. The highest BCUT2D eigenvalue weighted by atomic mass is 16.5. The first-order valence-electron chi connectivity index (χ1n) is 8.84. The summed E-state index contributed by atoms with van der Waals surface area (Å²) >= 11 is 0. The molecule has 0 aliphatic carbocycles. The highest BCUT2D eigenvalue weighted by Gasteiger charge is 2.38. The summed E-state index contributed by atoms with van der Waals surface area (Å²) in [6.45, 7) is 4.00. The molecule has 0 radical (unpaired) electrons. The molecule has 8 heteroatoms. The molecule has 136 valence electrons. The zero-order valence-corrected chi connectivity index (χ0v) is 14.6. The minimum Gasteiger partial charge on any atom is -0.371 e. The molecular formula is C18H21N5O3. The summed E-state index contributed by atoms with van der Waals surface area (Å²) in [6, 6.07) is 6.97. The van der Waals surface area contributed by atoms with Crippen molar-refractivity contribution in [3.05, 3.63) is 40.8 Å². The Labute approximate surface area is 150 Å². The first-order valence-corrected chi connectivity index (χ1v) is 8.84. The maximum absolute atomic E-state index is 11.9. The molecule has 2 aromatic heterocycles. The number of anilines is 1. The number of morpholine rings is 1. The van der Waals surface area contributed by atoms with Crippen molar-refractivity contribution in [2.24, 2.45) is 0 Å². The number of pyridine rings is 1. The third-order valence-electron chi connectivity index (χ3n) is 4.66. The predicted molar refractivity (Wildman–Crippen MR) is 95.9 cm³/mol. The van der Waals surface area contributed by atoms with E-state index < -0.39 is 0 Å². The van der Waals surface area contributed by atoms with Crippen LogP contribution in [0.2, 0.25) is 0 Å². The van der Waals surface area contributed by atoms with E-state index in [-0.39, 0.29) is 18.0 Å². The van der Waals surface area contributed by atoms with Crippen molar-refractivity contribution in [3.8, 4) is 11.3 Å². The van der Waals surface area contributed by atoms with Crippen LogP contribution in [0.1, 0.15) is 13.3 Å². The number of ether oxygens (including phenoxy) is 1. The maximum atomic E-state index is 11.9. The Morgan fingerprint density at radius 1 is 1.27 bits per heavy atom. The molecule has 3 aliphatic rings.